The van der Waals surface area contributed by atoms with Gasteiger partial charge in [0.1, 0.15) is 0 Å². The summed E-state index contributed by atoms with van der Waals surface area (Å²) in [7, 11) is 0. The maximum atomic E-state index is 4.64. The largest absolute Gasteiger partial charge is 0.311 e. The molecular formula is C18H29N3. The highest BCUT2D eigenvalue weighted by molar-refractivity contribution is 5.18. The summed E-state index contributed by atoms with van der Waals surface area (Å²) < 4.78 is 0. The van der Waals surface area contributed by atoms with Crippen molar-refractivity contribution in [3.63, 3.8) is 0 Å². The lowest BCUT2D eigenvalue weighted by atomic mass is 9.89. The molecule has 2 aliphatic rings. The van der Waals surface area contributed by atoms with Gasteiger partial charge in [-0.15, -0.1) is 0 Å². The Morgan fingerprint density at radius 3 is 2.90 bits per heavy atom. The topological polar surface area (TPSA) is 28.2 Å². The predicted molar refractivity (Wildman–Crippen MR) is 87.3 cm³/mol. The minimum absolute atomic E-state index is 0.397. The van der Waals surface area contributed by atoms with Crippen LogP contribution in [0.25, 0.3) is 0 Å². The van der Waals surface area contributed by atoms with E-state index < -0.39 is 0 Å². The number of nitrogens with one attached hydrogen (secondary N) is 1. The second-order valence-electron chi connectivity index (χ2n) is 6.95. The van der Waals surface area contributed by atoms with Gasteiger partial charge in [-0.3, -0.25) is 9.88 Å². The summed E-state index contributed by atoms with van der Waals surface area (Å²) in [5.41, 5.74) is 2.99. The molecule has 2 heterocycles. The van der Waals surface area contributed by atoms with Crippen molar-refractivity contribution in [2.24, 2.45) is 0 Å². The molecule has 2 fully saturated rings. The highest BCUT2D eigenvalue weighted by Crippen LogP contribution is 2.38. The molecular weight excluding hydrogens is 258 g/mol. The highest BCUT2D eigenvalue weighted by Gasteiger charge is 2.43. The number of nitrogens with zero attached hydrogens (tertiary/aromatic N) is 2. The summed E-state index contributed by atoms with van der Waals surface area (Å²) in [4.78, 5) is 7.39. The maximum absolute atomic E-state index is 4.64. The van der Waals surface area contributed by atoms with Crippen LogP contribution in [0.4, 0.5) is 0 Å². The Hall–Kier alpha value is -0.930. The summed E-state index contributed by atoms with van der Waals surface area (Å²) >= 11 is 0. The fraction of sp³-hybridized carbons (Fsp3) is 0.722. The van der Waals surface area contributed by atoms with Gasteiger partial charge in [0.2, 0.25) is 0 Å². The average molecular weight is 287 g/mol. The van der Waals surface area contributed by atoms with Crippen LogP contribution in [0.1, 0.15) is 56.7 Å². The summed E-state index contributed by atoms with van der Waals surface area (Å²) in [6.45, 7) is 7.85. The van der Waals surface area contributed by atoms with Gasteiger partial charge >= 0.3 is 0 Å². The minimum atomic E-state index is 0.397. The predicted octanol–water partition coefficient (Wildman–Crippen LogP) is 3.28. The first-order valence-electron chi connectivity index (χ1n) is 8.62. The van der Waals surface area contributed by atoms with E-state index >= 15 is 0 Å². The Balaban J connectivity index is 1.78. The average Bonchev–Trinajstić information content (AvgIpc) is 2.95. The number of pyridine rings is 1. The van der Waals surface area contributed by atoms with Crippen molar-refractivity contribution in [1.29, 1.82) is 0 Å². The molecule has 3 heteroatoms. The fourth-order valence-corrected chi connectivity index (χ4v) is 4.14. The number of piperazine rings is 1. The van der Waals surface area contributed by atoms with E-state index in [1.807, 2.05) is 12.3 Å². The van der Waals surface area contributed by atoms with E-state index in [2.05, 4.69) is 35.1 Å². The van der Waals surface area contributed by atoms with Gasteiger partial charge in [0.15, 0.2) is 0 Å². The van der Waals surface area contributed by atoms with Crippen LogP contribution in [0.5, 0.6) is 0 Å². The van der Waals surface area contributed by atoms with Gasteiger partial charge in [-0.25, -0.2) is 0 Å². The molecule has 1 aliphatic heterocycles. The zero-order valence-electron chi connectivity index (χ0n) is 13.6. The third-order valence-corrected chi connectivity index (χ3v) is 5.46. The smallest absolute Gasteiger partial charge is 0.0573 e. The van der Waals surface area contributed by atoms with E-state index in [-0.39, 0.29) is 0 Å². The molecule has 0 bridgehead atoms. The van der Waals surface area contributed by atoms with Crippen LogP contribution < -0.4 is 5.32 Å². The summed E-state index contributed by atoms with van der Waals surface area (Å²) in [6, 6.07) is 4.89. The molecule has 1 atom stereocenters. The summed E-state index contributed by atoms with van der Waals surface area (Å²) in [5, 5.41) is 3.82. The van der Waals surface area contributed by atoms with E-state index in [1.165, 1.54) is 62.9 Å². The number of aryl methyl sites for hydroxylation is 1. The Morgan fingerprint density at radius 1 is 1.38 bits per heavy atom. The standard InChI is InChI=1S/C18H29N3/c1-3-7-16-12-21(13-17-15(2)8-6-11-19-17)18(14-20-16)9-4-5-10-18/h6,8,11,16,20H,3-5,7,9-10,12-14H2,1-2H3. The minimum Gasteiger partial charge on any atom is -0.311 e. The van der Waals surface area contributed by atoms with Crippen molar-refractivity contribution in [3.05, 3.63) is 29.6 Å². The molecule has 1 saturated carbocycles. The number of rotatable bonds is 4. The first kappa shape index (κ1) is 15.0. The van der Waals surface area contributed by atoms with Crippen LogP contribution in [-0.2, 0) is 6.54 Å². The van der Waals surface area contributed by atoms with Gasteiger partial charge in [0.25, 0.3) is 0 Å². The Labute approximate surface area is 129 Å². The summed E-state index contributed by atoms with van der Waals surface area (Å²) in [5.74, 6) is 0. The van der Waals surface area contributed by atoms with Crippen molar-refractivity contribution in [2.75, 3.05) is 13.1 Å². The van der Waals surface area contributed by atoms with E-state index in [9.17, 15) is 0 Å². The highest BCUT2D eigenvalue weighted by atomic mass is 15.3. The first-order chi connectivity index (χ1) is 10.2. The lowest BCUT2D eigenvalue weighted by Crippen LogP contribution is -2.63. The molecule has 116 valence electrons. The van der Waals surface area contributed by atoms with Gasteiger partial charge in [0, 0.05) is 37.4 Å². The normalized spacial score (nSPS) is 25.5. The van der Waals surface area contributed by atoms with Crippen LogP contribution in [0.2, 0.25) is 0 Å². The van der Waals surface area contributed by atoms with Crippen molar-refractivity contribution in [2.45, 2.75) is 70.5 Å². The molecule has 1 unspecified atom stereocenters. The second-order valence-corrected chi connectivity index (χ2v) is 6.95. The van der Waals surface area contributed by atoms with E-state index in [1.54, 1.807) is 0 Å². The van der Waals surface area contributed by atoms with Gasteiger partial charge in [-0.2, -0.15) is 0 Å². The molecule has 21 heavy (non-hydrogen) atoms. The molecule has 0 amide bonds. The Morgan fingerprint density at radius 2 is 2.19 bits per heavy atom. The molecule has 1 saturated heterocycles. The molecule has 1 N–H and O–H groups in total. The molecule has 1 aromatic rings. The van der Waals surface area contributed by atoms with Gasteiger partial charge < -0.3 is 5.32 Å². The van der Waals surface area contributed by atoms with Crippen LogP contribution in [0.15, 0.2) is 18.3 Å². The van der Waals surface area contributed by atoms with Crippen molar-refractivity contribution in [3.8, 4) is 0 Å². The SMILES string of the molecule is CCCC1CN(Cc2ncccc2C)C2(CCCC2)CN1. The number of aromatic nitrogens is 1. The lowest BCUT2D eigenvalue weighted by Gasteiger charge is -2.48. The third-order valence-electron chi connectivity index (χ3n) is 5.46. The Kier molecular flexibility index (Phi) is 4.60. The monoisotopic (exact) mass is 287 g/mol. The molecule has 3 nitrogen and oxygen atoms in total. The number of hydrogen-bond acceptors (Lipinski definition) is 3. The maximum Gasteiger partial charge on any atom is 0.0573 e. The quantitative estimate of drug-likeness (QED) is 0.921. The van der Waals surface area contributed by atoms with Crippen molar-refractivity contribution >= 4 is 0 Å². The summed E-state index contributed by atoms with van der Waals surface area (Å²) in [6.07, 6.45) is 9.97. The van der Waals surface area contributed by atoms with E-state index in [4.69, 9.17) is 0 Å². The fourth-order valence-electron chi connectivity index (χ4n) is 4.14. The van der Waals surface area contributed by atoms with Crippen molar-refractivity contribution in [1.82, 2.24) is 15.2 Å². The molecule has 1 spiro atoms. The number of hydrogen-bond donors (Lipinski definition) is 1. The van der Waals surface area contributed by atoms with Gasteiger partial charge in [-0.1, -0.05) is 32.3 Å². The molecule has 3 rings (SSSR count). The second kappa shape index (κ2) is 6.45. The molecule has 1 aliphatic carbocycles. The zero-order valence-corrected chi connectivity index (χ0v) is 13.6. The van der Waals surface area contributed by atoms with Crippen LogP contribution in [0.3, 0.4) is 0 Å². The van der Waals surface area contributed by atoms with Crippen LogP contribution >= 0.6 is 0 Å². The van der Waals surface area contributed by atoms with E-state index in [0.717, 1.165) is 6.54 Å². The van der Waals surface area contributed by atoms with Crippen LogP contribution in [-0.4, -0.2) is 34.6 Å². The molecule has 0 radical (unpaired) electrons. The molecule has 1 aromatic heterocycles. The van der Waals surface area contributed by atoms with E-state index in [0.29, 0.717) is 11.6 Å². The molecule has 0 aromatic carbocycles. The van der Waals surface area contributed by atoms with Gasteiger partial charge in [0.05, 0.1) is 5.69 Å². The third kappa shape index (κ3) is 3.14. The zero-order chi connectivity index (χ0) is 14.7. The van der Waals surface area contributed by atoms with Gasteiger partial charge in [-0.05, 0) is 37.8 Å². The lowest BCUT2D eigenvalue weighted by molar-refractivity contribution is 0.0326. The van der Waals surface area contributed by atoms with Crippen molar-refractivity contribution < 1.29 is 0 Å². The van der Waals surface area contributed by atoms with Crippen LogP contribution in [0, 0.1) is 6.92 Å². The Bertz CT molecular complexity index is 465. The first-order valence-corrected chi connectivity index (χ1v) is 8.62.